The maximum atomic E-state index is 13.0. The van der Waals surface area contributed by atoms with Crippen LogP contribution in [0.4, 0.5) is 10.1 Å². The number of nitrogens with one attached hydrogen (secondary N) is 1. The summed E-state index contributed by atoms with van der Waals surface area (Å²) in [5, 5.41) is 1.20. The summed E-state index contributed by atoms with van der Waals surface area (Å²) in [6, 6.07) is 21.6. The Morgan fingerprint density at radius 3 is 2.19 bits per heavy atom. The lowest BCUT2D eigenvalue weighted by molar-refractivity contribution is 0.628. The lowest BCUT2D eigenvalue weighted by Gasteiger charge is -2.09. The third-order valence-electron chi connectivity index (χ3n) is 4.54. The number of aromatic nitrogens is 1. The smallest absolute Gasteiger partial charge is 0.150 e. The topological polar surface area (TPSA) is 34.0 Å². The fourth-order valence-electron chi connectivity index (χ4n) is 3.20. The molecule has 0 aliphatic heterocycles. The first-order valence-corrected chi connectivity index (χ1v) is 12.0. The Balaban J connectivity index is 0.000000860. The highest BCUT2D eigenvalue weighted by molar-refractivity contribution is 7.86. The molecule has 4 aromatic rings. The Morgan fingerprint density at radius 2 is 1.56 bits per heavy atom. The Labute approximate surface area is 193 Å². The van der Waals surface area contributed by atoms with Crippen LogP contribution in [0.15, 0.2) is 96.5 Å². The molecule has 32 heavy (non-hydrogen) atoms. The van der Waals surface area contributed by atoms with Crippen molar-refractivity contribution >= 4 is 27.6 Å². The number of nitrogens with zero attached hydrogens (tertiary/aromatic N) is 1. The van der Waals surface area contributed by atoms with Gasteiger partial charge in [-0.05, 0) is 66.6 Å². The van der Waals surface area contributed by atoms with Gasteiger partial charge in [0.2, 0.25) is 0 Å². The molecule has 4 rings (SSSR count). The summed E-state index contributed by atoms with van der Waals surface area (Å²) < 4.78 is 30.6. The molecule has 0 amide bonds. The van der Waals surface area contributed by atoms with E-state index in [0.717, 1.165) is 17.6 Å². The van der Waals surface area contributed by atoms with Crippen molar-refractivity contribution in [1.82, 2.24) is 4.57 Å². The Kier molecular flexibility index (Phi) is 9.89. The maximum absolute atomic E-state index is 13.0. The first-order chi connectivity index (χ1) is 15.7. The Hall–Kier alpha value is -3.18. The van der Waals surface area contributed by atoms with Crippen molar-refractivity contribution in [3.05, 3.63) is 103 Å². The van der Waals surface area contributed by atoms with E-state index in [1.54, 1.807) is 12.1 Å². The van der Waals surface area contributed by atoms with Gasteiger partial charge in [-0.3, -0.25) is 0 Å². The van der Waals surface area contributed by atoms with Gasteiger partial charge in [0.25, 0.3) is 0 Å². The van der Waals surface area contributed by atoms with Crippen LogP contribution in [0.25, 0.3) is 16.6 Å². The molecule has 0 aliphatic carbocycles. The number of anilines is 1. The zero-order valence-electron chi connectivity index (χ0n) is 19.1. The summed E-state index contributed by atoms with van der Waals surface area (Å²) >= 11 is 0. The number of benzene rings is 3. The lowest BCUT2D eigenvalue weighted by atomic mass is 10.1. The average Bonchev–Trinajstić information content (AvgIpc) is 3.22. The largest absolute Gasteiger partial charge is 0.316 e. The molecule has 0 saturated carbocycles. The van der Waals surface area contributed by atoms with E-state index < -0.39 is 11.0 Å². The zero-order chi connectivity index (χ0) is 23.5. The molecule has 0 saturated heterocycles. The van der Waals surface area contributed by atoms with Gasteiger partial charge >= 0.3 is 0 Å². The molecular weight excluding hydrogens is 419 g/mol. The molecule has 0 bridgehead atoms. The monoisotopic (exact) mass is 450 g/mol. The summed E-state index contributed by atoms with van der Waals surface area (Å²) in [7, 11) is -1.43. The van der Waals surface area contributed by atoms with E-state index in [4.69, 9.17) is 0 Å². The molecule has 1 N–H and O–H groups in total. The van der Waals surface area contributed by atoms with E-state index in [-0.39, 0.29) is 5.82 Å². The van der Waals surface area contributed by atoms with E-state index in [1.807, 2.05) is 70.2 Å². The summed E-state index contributed by atoms with van der Waals surface area (Å²) in [6.45, 7) is 11.8. The first kappa shape index (κ1) is 25.1. The Morgan fingerprint density at radius 1 is 0.938 bits per heavy atom. The minimum absolute atomic E-state index is 0.324. The quantitative estimate of drug-likeness (QED) is 0.300. The van der Waals surface area contributed by atoms with Gasteiger partial charge in [0, 0.05) is 23.0 Å². The second-order valence-electron chi connectivity index (χ2n) is 6.41. The van der Waals surface area contributed by atoms with Crippen LogP contribution in [0, 0.1) is 5.82 Å². The molecule has 0 radical (unpaired) electrons. The van der Waals surface area contributed by atoms with E-state index in [9.17, 15) is 8.60 Å². The second-order valence-corrected chi connectivity index (χ2v) is 7.62. The highest BCUT2D eigenvalue weighted by Gasteiger charge is 2.10. The van der Waals surface area contributed by atoms with Crippen LogP contribution in [-0.2, 0) is 17.4 Å². The lowest BCUT2D eigenvalue weighted by Crippen LogP contribution is -2.05. The first-order valence-electron chi connectivity index (χ1n) is 10.9. The standard InChI is InChI=1S/C23H19FN2OS.2C2H6/c1-2-5-17-16-26(23-7-4-3-6-22(17)23)20-12-14-21(15-13-20)28(27)25-19-10-8-18(24)9-11-19;2*1-2/h2-4,6-16,25H,1,5H2;2*1-2H3. The third-order valence-corrected chi connectivity index (χ3v) is 5.66. The molecule has 3 nitrogen and oxygen atoms in total. The molecule has 1 aromatic heterocycles. The van der Waals surface area contributed by atoms with E-state index in [0.29, 0.717) is 10.6 Å². The van der Waals surface area contributed by atoms with Crippen molar-refractivity contribution in [3.8, 4) is 5.69 Å². The van der Waals surface area contributed by atoms with Crippen LogP contribution in [0.2, 0.25) is 0 Å². The maximum Gasteiger partial charge on any atom is 0.150 e. The zero-order valence-corrected chi connectivity index (χ0v) is 20.0. The number of halogens is 1. The van der Waals surface area contributed by atoms with Gasteiger partial charge in [-0.2, -0.15) is 0 Å². The van der Waals surface area contributed by atoms with Crippen LogP contribution in [-0.4, -0.2) is 8.78 Å². The van der Waals surface area contributed by atoms with Crippen molar-refractivity contribution in [1.29, 1.82) is 0 Å². The van der Waals surface area contributed by atoms with Crippen LogP contribution >= 0.6 is 0 Å². The van der Waals surface area contributed by atoms with Gasteiger partial charge in [-0.1, -0.05) is 52.0 Å². The SMILES string of the molecule is C=CCc1cn(-c2ccc(S(=O)Nc3ccc(F)cc3)cc2)c2ccccc12.CC.CC. The Bertz CT molecular complexity index is 1150. The van der Waals surface area contributed by atoms with Gasteiger partial charge in [0.05, 0.1) is 10.4 Å². The normalized spacial score (nSPS) is 10.9. The van der Waals surface area contributed by atoms with Crippen molar-refractivity contribution in [3.63, 3.8) is 0 Å². The predicted molar refractivity (Wildman–Crippen MR) is 136 cm³/mol. The number of allylic oxidation sites excluding steroid dienone is 1. The summed E-state index contributed by atoms with van der Waals surface area (Å²) in [6.07, 6.45) is 4.83. The number of hydrogen-bond donors (Lipinski definition) is 1. The minimum atomic E-state index is -1.43. The second kappa shape index (κ2) is 12.6. The van der Waals surface area contributed by atoms with Gasteiger partial charge in [-0.15, -0.1) is 6.58 Å². The van der Waals surface area contributed by atoms with Crippen molar-refractivity contribution < 1.29 is 8.60 Å². The van der Waals surface area contributed by atoms with Crippen LogP contribution in [0.1, 0.15) is 33.3 Å². The van der Waals surface area contributed by atoms with Gasteiger partial charge in [0.1, 0.15) is 16.8 Å². The van der Waals surface area contributed by atoms with Gasteiger partial charge in [0.15, 0.2) is 0 Å². The number of rotatable bonds is 6. The average molecular weight is 451 g/mol. The molecule has 5 heteroatoms. The molecule has 1 unspecified atom stereocenters. The molecule has 0 fully saturated rings. The van der Waals surface area contributed by atoms with Crippen LogP contribution in [0.3, 0.4) is 0 Å². The minimum Gasteiger partial charge on any atom is -0.316 e. The summed E-state index contributed by atoms with van der Waals surface area (Å²) in [5.74, 6) is -0.324. The molecule has 1 atom stereocenters. The number of para-hydroxylation sites is 1. The molecule has 0 spiro atoms. The van der Waals surface area contributed by atoms with Crippen molar-refractivity contribution in [2.24, 2.45) is 0 Å². The molecule has 0 aliphatic rings. The van der Waals surface area contributed by atoms with Gasteiger partial charge in [-0.25, -0.2) is 8.60 Å². The summed E-state index contributed by atoms with van der Waals surface area (Å²) in [4.78, 5) is 0.649. The van der Waals surface area contributed by atoms with Gasteiger partial charge < -0.3 is 9.29 Å². The fourth-order valence-corrected chi connectivity index (χ4v) is 4.05. The third kappa shape index (κ3) is 5.95. The predicted octanol–water partition coefficient (Wildman–Crippen LogP) is 7.69. The molecule has 1 heterocycles. The van der Waals surface area contributed by atoms with Crippen LogP contribution < -0.4 is 4.72 Å². The number of fused-ring (bicyclic) bond motifs is 1. The molecule has 3 aromatic carbocycles. The molecule has 168 valence electrons. The van der Waals surface area contributed by atoms with Crippen molar-refractivity contribution in [2.45, 2.75) is 39.0 Å². The number of hydrogen-bond acceptors (Lipinski definition) is 1. The summed E-state index contributed by atoms with van der Waals surface area (Å²) in [5.41, 5.74) is 3.94. The van der Waals surface area contributed by atoms with E-state index in [2.05, 4.69) is 34.2 Å². The van der Waals surface area contributed by atoms with E-state index >= 15 is 0 Å². The van der Waals surface area contributed by atoms with Crippen LogP contribution in [0.5, 0.6) is 0 Å². The highest BCUT2D eigenvalue weighted by atomic mass is 32.2. The van der Waals surface area contributed by atoms with E-state index in [1.165, 1.54) is 23.1 Å². The highest BCUT2D eigenvalue weighted by Crippen LogP contribution is 2.26. The fraction of sp³-hybridized carbons (Fsp3) is 0.185. The van der Waals surface area contributed by atoms with Crippen molar-refractivity contribution in [2.75, 3.05) is 4.72 Å². The molecular formula is C27H31FN2OS.